The Balaban J connectivity index is 3.40. The van der Waals surface area contributed by atoms with Gasteiger partial charge in [0, 0.05) is 7.05 Å². The lowest BCUT2D eigenvalue weighted by Gasteiger charge is -1.99. The molecule has 0 fully saturated rings. The number of carbonyl (C=O) groups is 2. The zero-order valence-electron chi connectivity index (χ0n) is 7.01. The van der Waals surface area contributed by atoms with Gasteiger partial charge in [0.25, 0.3) is 15.9 Å². The Hall–Kier alpha value is -1.70. The van der Waals surface area contributed by atoms with E-state index >= 15 is 0 Å². The quantitative estimate of drug-likeness (QED) is 0.584. The number of rotatable bonds is 2. The molecular weight excluding hydrogens is 212 g/mol. The minimum absolute atomic E-state index is 0.621. The van der Waals surface area contributed by atoms with E-state index in [0.717, 1.165) is 0 Å². The van der Waals surface area contributed by atoms with Crippen LogP contribution in [0.5, 0.6) is 0 Å². The van der Waals surface area contributed by atoms with Crippen molar-refractivity contribution in [1.29, 1.82) is 0 Å². The van der Waals surface area contributed by atoms with E-state index in [0.29, 0.717) is 6.21 Å². The van der Waals surface area contributed by atoms with E-state index in [9.17, 15) is 18.0 Å². The van der Waals surface area contributed by atoms with Crippen LogP contribution in [0.25, 0.3) is 0 Å². The second-order valence-electron chi connectivity index (χ2n) is 2.34. The van der Waals surface area contributed by atoms with Crippen LogP contribution in [0.1, 0.15) is 0 Å². The molecule has 1 heterocycles. The van der Waals surface area contributed by atoms with Gasteiger partial charge in [-0.15, -0.1) is 0 Å². The molecule has 2 N–H and O–H groups in total. The van der Waals surface area contributed by atoms with Crippen molar-refractivity contribution in [2.45, 2.75) is 0 Å². The fraction of sp³-hybridized carbons (Fsp3) is 0.167. The number of likely N-dealkylation sites (N-methyl/N-ethyl adjacent to an activating group) is 1. The van der Waals surface area contributed by atoms with Gasteiger partial charge < -0.3 is 10.4 Å². The third kappa shape index (κ3) is 1.51. The highest BCUT2D eigenvalue weighted by Crippen LogP contribution is 2.19. The molecule has 0 saturated heterocycles. The molecule has 0 aromatic carbocycles. The van der Waals surface area contributed by atoms with Crippen molar-refractivity contribution in [3.8, 4) is 0 Å². The van der Waals surface area contributed by atoms with Gasteiger partial charge in [-0.1, -0.05) is 0 Å². The van der Waals surface area contributed by atoms with E-state index in [1.807, 2.05) is 5.32 Å². The molecular formula is C6H6N2O5S. The van der Waals surface area contributed by atoms with E-state index in [2.05, 4.69) is 4.40 Å². The average Bonchev–Trinajstić information content (AvgIpc) is 2.40. The summed E-state index contributed by atoms with van der Waals surface area (Å²) >= 11 is 0. The summed E-state index contributed by atoms with van der Waals surface area (Å²) in [6, 6.07) is 0. The third-order valence-corrected chi connectivity index (χ3v) is 2.79. The molecule has 8 heteroatoms. The summed E-state index contributed by atoms with van der Waals surface area (Å²) in [4.78, 5) is 20.8. The standard InChI is InChI=1S/C6H6N2O5S/c1-7-5(9)4-3(6(10)11)2-8-14(4,12)13/h2H,1H3,(H,7,9)(H,10,11). The Morgan fingerprint density at radius 2 is 2.07 bits per heavy atom. The van der Waals surface area contributed by atoms with E-state index in [-0.39, 0.29) is 0 Å². The highest BCUT2D eigenvalue weighted by atomic mass is 32.2. The molecule has 0 bridgehead atoms. The molecule has 14 heavy (non-hydrogen) atoms. The Kier molecular flexibility index (Phi) is 2.39. The first-order valence-electron chi connectivity index (χ1n) is 3.40. The van der Waals surface area contributed by atoms with Gasteiger partial charge in [0.2, 0.25) is 0 Å². The maximum absolute atomic E-state index is 11.1. The normalized spacial score (nSPS) is 18.4. The molecule has 1 aliphatic rings. The van der Waals surface area contributed by atoms with Crippen LogP contribution in [-0.2, 0) is 19.6 Å². The zero-order valence-corrected chi connectivity index (χ0v) is 7.83. The SMILES string of the molecule is CNC(=O)C1=C(C(=O)O)C=NS1(=O)=O. The van der Waals surface area contributed by atoms with Crippen LogP contribution < -0.4 is 5.32 Å². The molecule has 1 rings (SSSR count). The summed E-state index contributed by atoms with van der Waals surface area (Å²) in [7, 11) is -2.94. The summed E-state index contributed by atoms with van der Waals surface area (Å²) < 4.78 is 25.1. The van der Waals surface area contributed by atoms with Crippen molar-refractivity contribution in [1.82, 2.24) is 5.32 Å². The summed E-state index contributed by atoms with van der Waals surface area (Å²) in [5.74, 6) is -2.49. The van der Waals surface area contributed by atoms with Gasteiger partial charge in [0.1, 0.15) is 5.57 Å². The molecule has 0 aromatic heterocycles. The van der Waals surface area contributed by atoms with Crippen LogP contribution in [0.4, 0.5) is 0 Å². The Labute approximate surface area is 79.2 Å². The first kappa shape index (κ1) is 10.4. The zero-order chi connectivity index (χ0) is 10.9. The van der Waals surface area contributed by atoms with Crippen LogP contribution in [0.2, 0.25) is 0 Å². The maximum atomic E-state index is 11.1. The molecule has 0 radical (unpaired) electrons. The predicted octanol–water partition coefficient (Wildman–Crippen LogP) is -1.51. The molecule has 76 valence electrons. The summed E-state index contributed by atoms with van der Waals surface area (Å²) in [6.45, 7) is 0. The number of carboxylic acids is 1. The predicted molar refractivity (Wildman–Crippen MR) is 46.1 cm³/mol. The smallest absolute Gasteiger partial charge is 0.338 e. The van der Waals surface area contributed by atoms with Gasteiger partial charge in [-0.05, 0) is 0 Å². The molecule has 0 aromatic rings. The summed E-state index contributed by atoms with van der Waals surface area (Å²) in [6.07, 6.45) is 0.641. The number of amides is 1. The maximum Gasteiger partial charge on any atom is 0.338 e. The Morgan fingerprint density at radius 1 is 1.50 bits per heavy atom. The summed E-state index contributed by atoms with van der Waals surface area (Å²) in [5.41, 5.74) is -0.621. The van der Waals surface area contributed by atoms with Gasteiger partial charge in [-0.2, -0.15) is 12.8 Å². The van der Waals surface area contributed by atoms with Crippen LogP contribution >= 0.6 is 0 Å². The first-order chi connectivity index (χ1) is 6.40. The lowest BCUT2D eigenvalue weighted by molar-refractivity contribution is -0.132. The summed E-state index contributed by atoms with van der Waals surface area (Å²) in [5, 5.41) is 10.6. The van der Waals surface area contributed by atoms with Gasteiger partial charge in [0.15, 0.2) is 4.91 Å². The number of sulfonamides is 1. The molecule has 0 unspecified atom stereocenters. The average molecular weight is 218 g/mol. The molecule has 0 spiro atoms. The molecule has 0 saturated carbocycles. The van der Waals surface area contributed by atoms with Crippen LogP contribution in [0, 0.1) is 0 Å². The fourth-order valence-electron chi connectivity index (χ4n) is 0.878. The van der Waals surface area contributed by atoms with Crippen molar-refractivity contribution in [3.05, 3.63) is 10.5 Å². The molecule has 0 atom stereocenters. The topological polar surface area (TPSA) is 113 Å². The van der Waals surface area contributed by atoms with Gasteiger partial charge in [-0.25, -0.2) is 4.79 Å². The number of aliphatic carboxylic acids is 1. The number of hydrogen-bond acceptors (Lipinski definition) is 4. The van der Waals surface area contributed by atoms with Crippen molar-refractivity contribution >= 4 is 28.1 Å². The lowest BCUT2D eigenvalue weighted by Crippen LogP contribution is -2.25. The van der Waals surface area contributed by atoms with Crippen LogP contribution in [0.15, 0.2) is 14.9 Å². The van der Waals surface area contributed by atoms with Crippen LogP contribution in [-0.4, -0.2) is 38.7 Å². The first-order valence-corrected chi connectivity index (χ1v) is 4.84. The van der Waals surface area contributed by atoms with Gasteiger partial charge in [-0.3, -0.25) is 4.79 Å². The van der Waals surface area contributed by atoms with Gasteiger partial charge >= 0.3 is 5.97 Å². The number of nitrogens with one attached hydrogen (secondary N) is 1. The Morgan fingerprint density at radius 3 is 2.50 bits per heavy atom. The molecule has 1 amide bonds. The van der Waals surface area contributed by atoms with Crippen LogP contribution in [0.3, 0.4) is 0 Å². The highest BCUT2D eigenvalue weighted by Gasteiger charge is 2.34. The van der Waals surface area contributed by atoms with E-state index < -0.39 is 32.4 Å². The third-order valence-electron chi connectivity index (χ3n) is 1.49. The van der Waals surface area contributed by atoms with E-state index in [4.69, 9.17) is 5.11 Å². The van der Waals surface area contributed by atoms with Crippen molar-refractivity contribution in [2.75, 3.05) is 7.05 Å². The number of hydrogen-bond donors (Lipinski definition) is 2. The van der Waals surface area contributed by atoms with Gasteiger partial charge in [0.05, 0.1) is 6.21 Å². The molecule has 0 aliphatic carbocycles. The van der Waals surface area contributed by atoms with Crippen molar-refractivity contribution < 1.29 is 23.1 Å². The van der Waals surface area contributed by atoms with E-state index in [1.54, 1.807) is 0 Å². The second kappa shape index (κ2) is 3.22. The largest absolute Gasteiger partial charge is 0.478 e. The minimum atomic E-state index is -4.14. The second-order valence-corrected chi connectivity index (χ2v) is 3.91. The molecule has 1 aliphatic heterocycles. The van der Waals surface area contributed by atoms with Crippen molar-refractivity contribution in [3.63, 3.8) is 0 Å². The highest BCUT2D eigenvalue weighted by molar-refractivity contribution is 7.95. The van der Waals surface area contributed by atoms with Crippen molar-refractivity contribution in [2.24, 2.45) is 4.40 Å². The number of nitrogens with zero attached hydrogens (tertiary/aromatic N) is 1. The lowest BCUT2D eigenvalue weighted by atomic mass is 10.2. The molecule has 7 nitrogen and oxygen atoms in total. The number of carbonyl (C=O) groups excluding carboxylic acids is 1. The fourth-order valence-corrected chi connectivity index (χ4v) is 1.98. The Bertz CT molecular complexity index is 459. The van der Waals surface area contributed by atoms with E-state index in [1.165, 1.54) is 7.05 Å². The minimum Gasteiger partial charge on any atom is -0.478 e. The number of carboxylic acid groups (broad SMARTS) is 1. The monoisotopic (exact) mass is 218 g/mol.